The van der Waals surface area contributed by atoms with Gasteiger partial charge in [0, 0.05) is 13.1 Å². The highest BCUT2D eigenvalue weighted by Gasteiger charge is 2.23. The Bertz CT molecular complexity index is 262. The van der Waals surface area contributed by atoms with Crippen LogP contribution in [0.5, 0.6) is 0 Å². The van der Waals surface area contributed by atoms with Crippen molar-refractivity contribution in [3.63, 3.8) is 0 Å². The smallest absolute Gasteiger partial charge is 0.239 e. The van der Waals surface area contributed by atoms with Gasteiger partial charge in [-0.05, 0) is 24.7 Å². The minimum atomic E-state index is -0.147. The molecule has 0 bridgehead atoms. The van der Waals surface area contributed by atoms with Crippen molar-refractivity contribution in [3.8, 4) is 0 Å². The van der Waals surface area contributed by atoms with E-state index in [1.165, 1.54) is 32.1 Å². The molecule has 1 heterocycles. The molecular formula is C14H27ClN2O2. The van der Waals surface area contributed by atoms with Crippen molar-refractivity contribution in [3.05, 3.63) is 0 Å². The van der Waals surface area contributed by atoms with Crippen LogP contribution >= 0.6 is 12.4 Å². The summed E-state index contributed by atoms with van der Waals surface area (Å²) in [5.41, 5.74) is 0. The molecule has 1 aliphatic heterocycles. The Morgan fingerprint density at radius 2 is 1.95 bits per heavy atom. The molecule has 19 heavy (non-hydrogen) atoms. The first-order chi connectivity index (χ1) is 8.79. The van der Waals surface area contributed by atoms with Crippen molar-refractivity contribution in [2.75, 3.05) is 26.3 Å². The number of carbonyl (C=O) groups excluding carboxylic acids is 1. The van der Waals surface area contributed by atoms with Gasteiger partial charge in [-0.3, -0.25) is 4.79 Å². The lowest BCUT2D eigenvalue weighted by Crippen LogP contribution is -2.52. The van der Waals surface area contributed by atoms with E-state index in [0.29, 0.717) is 19.1 Å². The van der Waals surface area contributed by atoms with Gasteiger partial charge in [-0.1, -0.05) is 26.2 Å². The first kappa shape index (κ1) is 16.7. The normalized spacial score (nSPS) is 31.3. The molecular weight excluding hydrogens is 264 g/mol. The van der Waals surface area contributed by atoms with Gasteiger partial charge in [-0.2, -0.15) is 0 Å². The number of ether oxygens (including phenoxy) is 1. The van der Waals surface area contributed by atoms with E-state index in [1.807, 2.05) is 0 Å². The molecule has 1 unspecified atom stereocenters. The Morgan fingerprint density at radius 1 is 1.26 bits per heavy atom. The predicted molar refractivity (Wildman–Crippen MR) is 78.6 cm³/mol. The van der Waals surface area contributed by atoms with Gasteiger partial charge in [0.1, 0.15) is 6.04 Å². The molecule has 5 heteroatoms. The lowest BCUT2D eigenvalue weighted by Gasteiger charge is -2.29. The van der Waals surface area contributed by atoms with Gasteiger partial charge >= 0.3 is 0 Å². The van der Waals surface area contributed by atoms with Gasteiger partial charge in [-0.25, -0.2) is 0 Å². The Balaban J connectivity index is 0.00000180. The summed E-state index contributed by atoms with van der Waals surface area (Å²) in [6, 6.07) is -0.147. The van der Waals surface area contributed by atoms with Crippen LogP contribution in [0.3, 0.4) is 0 Å². The number of amides is 1. The monoisotopic (exact) mass is 290 g/mol. The number of halogens is 1. The van der Waals surface area contributed by atoms with Crippen molar-refractivity contribution in [2.45, 2.75) is 45.1 Å². The molecule has 2 fully saturated rings. The number of nitrogens with one attached hydrogen (secondary N) is 2. The molecule has 1 saturated carbocycles. The van der Waals surface area contributed by atoms with E-state index in [4.69, 9.17) is 4.74 Å². The van der Waals surface area contributed by atoms with Crippen LogP contribution in [-0.2, 0) is 9.53 Å². The molecule has 1 amide bonds. The molecule has 2 aliphatic rings. The van der Waals surface area contributed by atoms with Gasteiger partial charge in [0.2, 0.25) is 5.91 Å². The summed E-state index contributed by atoms with van der Waals surface area (Å²) in [4.78, 5) is 11.9. The lowest BCUT2D eigenvalue weighted by molar-refractivity contribution is -0.126. The fourth-order valence-electron chi connectivity index (χ4n) is 2.95. The van der Waals surface area contributed by atoms with Crippen molar-refractivity contribution >= 4 is 18.3 Å². The van der Waals surface area contributed by atoms with Crippen LogP contribution in [0.15, 0.2) is 0 Å². The molecule has 2 rings (SSSR count). The van der Waals surface area contributed by atoms with Crippen LogP contribution in [0.1, 0.15) is 39.0 Å². The van der Waals surface area contributed by atoms with E-state index < -0.39 is 0 Å². The van der Waals surface area contributed by atoms with Crippen LogP contribution in [0.2, 0.25) is 0 Å². The van der Waals surface area contributed by atoms with Crippen LogP contribution in [-0.4, -0.2) is 38.3 Å². The molecule has 0 spiro atoms. The SMILES string of the molecule is CCC1CCC(CNC(=O)C2COCCN2)CC1.Cl. The second-order valence-electron chi connectivity index (χ2n) is 5.62. The minimum absolute atomic E-state index is 0. The van der Waals surface area contributed by atoms with Crippen molar-refractivity contribution in [2.24, 2.45) is 11.8 Å². The summed E-state index contributed by atoms with van der Waals surface area (Å²) >= 11 is 0. The van der Waals surface area contributed by atoms with Gasteiger partial charge in [0.15, 0.2) is 0 Å². The van der Waals surface area contributed by atoms with Crippen molar-refractivity contribution < 1.29 is 9.53 Å². The van der Waals surface area contributed by atoms with Gasteiger partial charge in [0.05, 0.1) is 13.2 Å². The second-order valence-corrected chi connectivity index (χ2v) is 5.62. The average Bonchev–Trinajstić information content (AvgIpc) is 2.46. The molecule has 0 aromatic carbocycles. The molecule has 1 atom stereocenters. The minimum Gasteiger partial charge on any atom is -0.378 e. The highest BCUT2D eigenvalue weighted by molar-refractivity contribution is 5.85. The Labute approximate surface area is 122 Å². The number of rotatable bonds is 4. The number of hydrogen-bond donors (Lipinski definition) is 2. The van der Waals surface area contributed by atoms with E-state index in [2.05, 4.69) is 17.6 Å². The maximum Gasteiger partial charge on any atom is 0.239 e. The maximum atomic E-state index is 11.9. The summed E-state index contributed by atoms with van der Waals surface area (Å²) < 4.78 is 5.30. The van der Waals surface area contributed by atoms with E-state index in [1.54, 1.807) is 0 Å². The second kappa shape index (κ2) is 8.77. The summed E-state index contributed by atoms with van der Waals surface area (Å²) in [6.07, 6.45) is 6.52. The van der Waals surface area contributed by atoms with Gasteiger partial charge in [-0.15, -0.1) is 12.4 Å². The van der Waals surface area contributed by atoms with Crippen LogP contribution in [0.4, 0.5) is 0 Å². The van der Waals surface area contributed by atoms with E-state index in [9.17, 15) is 4.79 Å². The maximum absolute atomic E-state index is 11.9. The summed E-state index contributed by atoms with van der Waals surface area (Å²) in [5.74, 6) is 1.71. The average molecular weight is 291 g/mol. The first-order valence-corrected chi connectivity index (χ1v) is 7.38. The number of hydrogen-bond acceptors (Lipinski definition) is 3. The molecule has 112 valence electrons. The third-order valence-electron chi connectivity index (χ3n) is 4.35. The Morgan fingerprint density at radius 3 is 2.53 bits per heavy atom. The summed E-state index contributed by atoms with van der Waals surface area (Å²) in [5, 5.41) is 6.26. The number of carbonyl (C=O) groups is 1. The largest absolute Gasteiger partial charge is 0.378 e. The summed E-state index contributed by atoms with van der Waals surface area (Å²) in [7, 11) is 0. The van der Waals surface area contributed by atoms with E-state index >= 15 is 0 Å². The first-order valence-electron chi connectivity index (χ1n) is 7.38. The molecule has 1 aliphatic carbocycles. The zero-order chi connectivity index (χ0) is 12.8. The third kappa shape index (κ3) is 5.28. The quantitative estimate of drug-likeness (QED) is 0.829. The van der Waals surface area contributed by atoms with Gasteiger partial charge in [0.25, 0.3) is 0 Å². The zero-order valence-corrected chi connectivity index (χ0v) is 12.6. The Hall–Kier alpha value is -0.320. The zero-order valence-electron chi connectivity index (χ0n) is 11.8. The van der Waals surface area contributed by atoms with E-state index in [-0.39, 0.29) is 24.4 Å². The molecule has 0 radical (unpaired) electrons. The highest BCUT2D eigenvalue weighted by Crippen LogP contribution is 2.30. The highest BCUT2D eigenvalue weighted by atomic mass is 35.5. The topological polar surface area (TPSA) is 50.4 Å². The van der Waals surface area contributed by atoms with Gasteiger partial charge < -0.3 is 15.4 Å². The van der Waals surface area contributed by atoms with Crippen LogP contribution in [0, 0.1) is 11.8 Å². The molecule has 0 aromatic rings. The third-order valence-corrected chi connectivity index (χ3v) is 4.35. The summed E-state index contributed by atoms with van der Waals surface area (Å²) in [6.45, 7) is 5.12. The van der Waals surface area contributed by atoms with Crippen molar-refractivity contribution in [1.29, 1.82) is 0 Å². The van der Waals surface area contributed by atoms with Crippen molar-refractivity contribution in [1.82, 2.24) is 10.6 Å². The fraction of sp³-hybridized carbons (Fsp3) is 0.929. The molecule has 4 nitrogen and oxygen atoms in total. The standard InChI is InChI=1S/C14H26N2O2.ClH/c1-2-11-3-5-12(6-4-11)9-16-14(17)13-10-18-8-7-15-13;/h11-13,15H,2-10H2,1H3,(H,16,17);1H. The Kier molecular flexibility index (Phi) is 7.73. The van der Waals surface area contributed by atoms with Crippen LogP contribution < -0.4 is 10.6 Å². The lowest BCUT2D eigenvalue weighted by atomic mass is 9.81. The predicted octanol–water partition coefficient (Wildman–Crippen LogP) is 1.73. The van der Waals surface area contributed by atoms with E-state index in [0.717, 1.165) is 19.0 Å². The number of morpholine rings is 1. The molecule has 0 aromatic heterocycles. The molecule has 2 N–H and O–H groups in total. The fourth-order valence-corrected chi connectivity index (χ4v) is 2.95. The van der Waals surface area contributed by atoms with Crippen LogP contribution in [0.25, 0.3) is 0 Å². The molecule has 1 saturated heterocycles.